The molecule has 1 rings (SSSR count). The molecule has 7 heteroatoms. The van der Waals surface area contributed by atoms with Gasteiger partial charge in [0, 0.05) is 6.54 Å². The average molecular weight is 351 g/mol. The second-order valence-corrected chi connectivity index (χ2v) is 5.52. The van der Waals surface area contributed by atoms with Gasteiger partial charge in [-0.05, 0) is 36.6 Å². The maximum atomic E-state index is 12.8. The Morgan fingerprint density at radius 2 is 1.92 bits per heavy atom. The number of ether oxygens (including phenoxy) is 1. The van der Waals surface area contributed by atoms with Gasteiger partial charge in [-0.3, -0.25) is 14.4 Å². The third-order valence-corrected chi connectivity index (χ3v) is 3.54. The summed E-state index contributed by atoms with van der Waals surface area (Å²) in [5, 5.41) is 11.8. The molecule has 0 bridgehead atoms. The molecule has 0 heterocycles. The lowest BCUT2D eigenvalue weighted by molar-refractivity contribution is -0.152. The molecule has 0 spiro atoms. The molecule has 6 nitrogen and oxygen atoms in total. The number of carboxylic acid groups (broad SMARTS) is 1. The zero-order chi connectivity index (χ0) is 18.7. The van der Waals surface area contributed by atoms with E-state index in [-0.39, 0.29) is 24.8 Å². The number of amides is 1. The topological polar surface area (TPSA) is 92.7 Å². The third-order valence-electron chi connectivity index (χ3n) is 3.54. The van der Waals surface area contributed by atoms with Gasteiger partial charge in [-0.15, -0.1) is 0 Å². The standard InChI is InChI=1S/C18H22FNO5/c1-2-16(21)20-10-4-3-5-14(18(23)24)11-17(22)25-12-13-6-8-15(19)9-7-13/h2,6-9,14H,1,3-5,10-12H2,(H,20,21)(H,23,24)/t14-/m1/s1. The number of rotatable bonds is 11. The third kappa shape index (κ3) is 8.64. The highest BCUT2D eigenvalue weighted by Gasteiger charge is 2.21. The molecule has 0 saturated carbocycles. The van der Waals surface area contributed by atoms with E-state index >= 15 is 0 Å². The van der Waals surface area contributed by atoms with Crippen molar-refractivity contribution in [3.05, 3.63) is 48.3 Å². The Morgan fingerprint density at radius 3 is 2.52 bits per heavy atom. The SMILES string of the molecule is C=CC(=O)NCCCC[C@H](CC(=O)OCc1ccc(F)cc1)C(=O)O. The van der Waals surface area contributed by atoms with Crippen LogP contribution in [0, 0.1) is 11.7 Å². The second kappa shape index (κ2) is 11.0. The molecule has 2 N–H and O–H groups in total. The molecule has 1 aromatic rings. The second-order valence-electron chi connectivity index (χ2n) is 5.52. The maximum Gasteiger partial charge on any atom is 0.307 e. The molecule has 0 aromatic heterocycles. The van der Waals surface area contributed by atoms with Gasteiger partial charge in [0.1, 0.15) is 12.4 Å². The van der Waals surface area contributed by atoms with Crippen LogP contribution in [0.1, 0.15) is 31.2 Å². The molecule has 0 aliphatic rings. The first kappa shape index (κ1) is 20.3. The smallest absolute Gasteiger partial charge is 0.307 e. The van der Waals surface area contributed by atoms with Crippen molar-refractivity contribution in [3.63, 3.8) is 0 Å². The van der Waals surface area contributed by atoms with Gasteiger partial charge in [0.15, 0.2) is 0 Å². The number of carboxylic acids is 1. The number of esters is 1. The number of carbonyl (C=O) groups excluding carboxylic acids is 2. The highest BCUT2D eigenvalue weighted by atomic mass is 19.1. The van der Waals surface area contributed by atoms with Gasteiger partial charge in [0.25, 0.3) is 0 Å². The van der Waals surface area contributed by atoms with Gasteiger partial charge in [0.05, 0.1) is 12.3 Å². The summed E-state index contributed by atoms with van der Waals surface area (Å²) < 4.78 is 17.8. The number of hydrogen-bond donors (Lipinski definition) is 2. The number of halogens is 1. The Morgan fingerprint density at radius 1 is 1.24 bits per heavy atom. The molecule has 0 radical (unpaired) electrons. The van der Waals surface area contributed by atoms with Gasteiger partial charge in [-0.25, -0.2) is 4.39 Å². The number of unbranched alkanes of at least 4 members (excludes halogenated alkanes) is 1. The zero-order valence-electron chi connectivity index (χ0n) is 13.9. The molecule has 0 saturated heterocycles. The summed E-state index contributed by atoms with van der Waals surface area (Å²) in [7, 11) is 0. The van der Waals surface area contributed by atoms with Crippen molar-refractivity contribution in [1.82, 2.24) is 5.32 Å². The molecule has 1 amide bonds. The quantitative estimate of drug-likeness (QED) is 0.363. The summed E-state index contributed by atoms with van der Waals surface area (Å²) in [5.41, 5.74) is 0.625. The number of aliphatic carboxylic acids is 1. The summed E-state index contributed by atoms with van der Waals surface area (Å²) in [5.74, 6) is -3.18. The zero-order valence-corrected chi connectivity index (χ0v) is 13.9. The Labute approximate surface area is 145 Å². The molecule has 0 unspecified atom stereocenters. The first-order valence-corrected chi connectivity index (χ1v) is 7.95. The van der Waals surface area contributed by atoms with Crippen LogP contribution in [0.25, 0.3) is 0 Å². The van der Waals surface area contributed by atoms with E-state index in [1.54, 1.807) is 0 Å². The summed E-state index contributed by atoms with van der Waals surface area (Å²) in [6, 6.07) is 5.51. The fraction of sp³-hybridized carbons (Fsp3) is 0.389. The van der Waals surface area contributed by atoms with Crippen LogP contribution in [0.4, 0.5) is 4.39 Å². The van der Waals surface area contributed by atoms with Gasteiger partial charge in [0.2, 0.25) is 5.91 Å². The van der Waals surface area contributed by atoms with Gasteiger partial charge < -0.3 is 15.2 Å². The normalized spacial score (nSPS) is 11.4. The summed E-state index contributed by atoms with van der Waals surface area (Å²) in [6.45, 7) is 3.72. The monoisotopic (exact) mass is 351 g/mol. The van der Waals surface area contributed by atoms with Gasteiger partial charge in [-0.2, -0.15) is 0 Å². The van der Waals surface area contributed by atoms with Crippen LogP contribution in [0.3, 0.4) is 0 Å². The number of carbonyl (C=O) groups is 3. The lowest BCUT2D eigenvalue weighted by Gasteiger charge is -2.12. The highest BCUT2D eigenvalue weighted by Crippen LogP contribution is 2.15. The van der Waals surface area contributed by atoms with Crippen molar-refractivity contribution in [2.24, 2.45) is 5.92 Å². The van der Waals surface area contributed by atoms with E-state index in [4.69, 9.17) is 4.74 Å². The first-order valence-electron chi connectivity index (χ1n) is 7.95. The van der Waals surface area contributed by atoms with E-state index in [2.05, 4.69) is 11.9 Å². The lowest BCUT2D eigenvalue weighted by Crippen LogP contribution is -2.23. The lowest BCUT2D eigenvalue weighted by atomic mass is 9.98. The van der Waals surface area contributed by atoms with Crippen LogP contribution < -0.4 is 5.32 Å². The van der Waals surface area contributed by atoms with E-state index in [1.165, 1.54) is 24.3 Å². The minimum Gasteiger partial charge on any atom is -0.481 e. The van der Waals surface area contributed by atoms with Crippen molar-refractivity contribution in [1.29, 1.82) is 0 Å². The average Bonchev–Trinajstić information content (AvgIpc) is 2.59. The minimum absolute atomic E-state index is 0.0287. The number of hydrogen-bond acceptors (Lipinski definition) is 4. The van der Waals surface area contributed by atoms with E-state index in [9.17, 15) is 23.9 Å². The van der Waals surface area contributed by atoms with Crippen molar-refractivity contribution in [2.45, 2.75) is 32.3 Å². The van der Waals surface area contributed by atoms with Crippen molar-refractivity contribution >= 4 is 17.8 Å². The predicted octanol–water partition coefficient (Wildman–Crippen LogP) is 2.43. The largest absolute Gasteiger partial charge is 0.481 e. The highest BCUT2D eigenvalue weighted by molar-refractivity contribution is 5.86. The van der Waals surface area contributed by atoms with E-state index in [0.29, 0.717) is 31.4 Å². The fourth-order valence-corrected chi connectivity index (χ4v) is 2.12. The number of nitrogens with one attached hydrogen (secondary N) is 1. The van der Waals surface area contributed by atoms with Crippen LogP contribution in [0.2, 0.25) is 0 Å². The van der Waals surface area contributed by atoms with Crippen molar-refractivity contribution in [3.8, 4) is 0 Å². The molecule has 136 valence electrons. The van der Waals surface area contributed by atoms with Crippen LogP contribution in [0.15, 0.2) is 36.9 Å². The van der Waals surface area contributed by atoms with Crippen LogP contribution in [-0.4, -0.2) is 29.5 Å². The summed E-state index contributed by atoms with van der Waals surface area (Å²) in [6.07, 6.45) is 2.41. The maximum absolute atomic E-state index is 12.8. The van der Waals surface area contributed by atoms with E-state index < -0.39 is 17.9 Å². The van der Waals surface area contributed by atoms with Gasteiger partial charge >= 0.3 is 11.9 Å². The summed E-state index contributed by atoms with van der Waals surface area (Å²) in [4.78, 5) is 34.0. The predicted molar refractivity (Wildman–Crippen MR) is 89.0 cm³/mol. The van der Waals surface area contributed by atoms with E-state index in [1.807, 2.05) is 0 Å². The Hall–Kier alpha value is -2.70. The van der Waals surface area contributed by atoms with Crippen LogP contribution in [-0.2, 0) is 25.7 Å². The first-order chi connectivity index (χ1) is 11.9. The molecular weight excluding hydrogens is 329 g/mol. The molecule has 1 aromatic carbocycles. The van der Waals surface area contributed by atoms with E-state index in [0.717, 1.165) is 6.08 Å². The Balaban J connectivity index is 2.31. The van der Waals surface area contributed by atoms with Crippen molar-refractivity contribution < 1.29 is 28.6 Å². The fourth-order valence-electron chi connectivity index (χ4n) is 2.12. The molecule has 0 fully saturated rings. The van der Waals surface area contributed by atoms with Gasteiger partial charge in [-0.1, -0.05) is 25.1 Å². The van der Waals surface area contributed by atoms with Crippen molar-refractivity contribution in [2.75, 3.05) is 6.54 Å². The Kier molecular flexibility index (Phi) is 8.92. The molecular formula is C18H22FNO5. The molecule has 0 aliphatic heterocycles. The molecule has 1 atom stereocenters. The Bertz CT molecular complexity index is 600. The minimum atomic E-state index is -1.06. The molecule has 25 heavy (non-hydrogen) atoms. The molecule has 0 aliphatic carbocycles. The summed E-state index contributed by atoms with van der Waals surface area (Å²) >= 11 is 0. The number of benzene rings is 1. The van der Waals surface area contributed by atoms with Crippen LogP contribution in [0.5, 0.6) is 0 Å². The van der Waals surface area contributed by atoms with Crippen LogP contribution >= 0.6 is 0 Å².